The molecule has 0 fully saturated rings. The first-order valence-corrected chi connectivity index (χ1v) is 4.66. The maximum Gasteiger partial charge on any atom is 1.00 e. The molecule has 0 aliphatic rings. The van der Waals surface area contributed by atoms with Gasteiger partial charge >= 0.3 is 29.6 Å². The Kier molecular flexibility index (Phi) is 9.41. The van der Waals surface area contributed by atoms with E-state index >= 15 is 0 Å². The molecule has 0 aliphatic carbocycles. The van der Waals surface area contributed by atoms with Crippen LogP contribution >= 0.6 is 7.60 Å². The largest absolute Gasteiger partial charge is 1.00 e. The molecule has 0 saturated carbocycles. The van der Waals surface area contributed by atoms with E-state index in [9.17, 15) is 9.46 Å². The van der Waals surface area contributed by atoms with E-state index in [-0.39, 0.29) is 48.7 Å². The molecule has 0 bridgehead atoms. The minimum Gasteiger partial charge on any atom is -0.778 e. The number of hydrogen-bond donors (Lipinski definition) is 0. The standard InChI is InChI=1S/C5H10NO3P.Na/c1-2-9-10(7,8)5-3-4-6;/h2-3,5H2,1H3,(H,7,8);/q;+1/p-1. The van der Waals surface area contributed by atoms with Gasteiger partial charge in [0.25, 0.3) is 0 Å². The molecule has 0 aromatic heterocycles. The number of hydrogen-bond acceptors (Lipinski definition) is 4. The summed E-state index contributed by atoms with van der Waals surface area (Å²) in [5.41, 5.74) is 0. The second-order valence-corrected chi connectivity index (χ2v) is 3.59. The van der Waals surface area contributed by atoms with Gasteiger partial charge in [0.05, 0.1) is 12.7 Å². The average Bonchev–Trinajstić information content (AvgIpc) is 1.84. The molecule has 0 aromatic carbocycles. The summed E-state index contributed by atoms with van der Waals surface area (Å²) in [6.45, 7) is 1.74. The van der Waals surface area contributed by atoms with Gasteiger partial charge in [-0.2, -0.15) is 5.26 Å². The van der Waals surface area contributed by atoms with Gasteiger partial charge < -0.3 is 14.0 Å². The van der Waals surface area contributed by atoms with Gasteiger partial charge in [0, 0.05) is 12.6 Å². The van der Waals surface area contributed by atoms with Gasteiger partial charge in [-0.3, -0.25) is 0 Å². The van der Waals surface area contributed by atoms with Gasteiger partial charge in [-0.05, 0) is 6.92 Å². The molecule has 0 aromatic rings. The molecule has 1 atom stereocenters. The summed E-state index contributed by atoms with van der Waals surface area (Å²) in [5.74, 6) is 0. The summed E-state index contributed by atoms with van der Waals surface area (Å²) in [4.78, 5) is 10.6. The zero-order chi connectivity index (χ0) is 8.04. The fourth-order valence-corrected chi connectivity index (χ4v) is 1.34. The Morgan fingerprint density at radius 3 is 2.64 bits per heavy atom. The number of rotatable bonds is 4. The number of nitrogens with zero attached hydrogens (tertiary/aromatic N) is 1. The predicted octanol–water partition coefficient (Wildman–Crippen LogP) is -2.51. The minimum absolute atomic E-state index is 0. The van der Waals surface area contributed by atoms with E-state index in [1.54, 1.807) is 13.0 Å². The molecule has 0 spiro atoms. The third-order valence-corrected chi connectivity index (χ3v) is 2.25. The van der Waals surface area contributed by atoms with Crippen molar-refractivity contribution in [2.45, 2.75) is 13.3 Å². The smallest absolute Gasteiger partial charge is 0.778 e. The molecule has 58 valence electrons. The Morgan fingerprint density at radius 2 is 2.27 bits per heavy atom. The SMILES string of the molecule is CCOP(=O)([O-])CCC#N.[Na+]. The minimum atomic E-state index is -3.68. The topological polar surface area (TPSA) is 73.2 Å². The molecule has 6 heteroatoms. The van der Waals surface area contributed by atoms with Crippen molar-refractivity contribution in [3.05, 3.63) is 0 Å². The van der Waals surface area contributed by atoms with Crippen LogP contribution in [0.1, 0.15) is 13.3 Å². The molecule has 0 radical (unpaired) electrons. The molecule has 0 aliphatic heterocycles. The van der Waals surface area contributed by atoms with E-state index in [2.05, 4.69) is 4.52 Å². The van der Waals surface area contributed by atoms with Crippen LogP contribution in [-0.4, -0.2) is 12.8 Å². The van der Waals surface area contributed by atoms with Crippen LogP contribution in [-0.2, 0) is 9.09 Å². The van der Waals surface area contributed by atoms with Crippen LogP contribution in [0.2, 0.25) is 0 Å². The van der Waals surface area contributed by atoms with Crippen molar-refractivity contribution in [3.8, 4) is 6.07 Å². The van der Waals surface area contributed by atoms with Crippen LogP contribution in [0.15, 0.2) is 0 Å². The maximum atomic E-state index is 10.6. The summed E-state index contributed by atoms with van der Waals surface area (Å²) in [6.07, 6.45) is -0.182. The molecule has 0 amide bonds. The van der Waals surface area contributed by atoms with Gasteiger partial charge in [0.1, 0.15) is 7.60 Å². The molecule has 0 rings (SSSR count). The van der Waals surface area contributed by atoms with Crippen LogP contribution in [0.4, 0.5) is 0 Å². The Hall–Kier alpha value is 0.640. The third kappa shape index (κ3) is 8.55. The second kappa shape index (κ2) is 7.30. The van der Waals surface area contributed by atoms with Crippen LogP contribution in [0.3, 0.4) is 0 Å². The maximum absolute atomic E-state index is 10.6. The summed E-state index contributed by atoms with van der Waals surface area (Å²) in [6, 6.07) is 1.73. The van der Waals surface area contributed by atoms with Crippen molar-refractivity contribution in [2.24, 2.45) is 0 Å². The Balaban J connectivity index is 0. The first-order chi connectivity index (χ1) is 4.62. The van der Waals surface area contributed by atoms with Gasteiger partial charge in [-0.1, -0.05) is 0 Å². The predicted molar refractivity (Wildman–Crippen MR) is 34.3 cm³/mol. The fraction of sp³-hybridized carbons (Fsp3) is 0.800. The molecular weight excluding hydrogens is 176 g/mol. The van der Waals surface area contributed by atoms with Crippen molar-refractivity contribution >= 4 is 7.60 Å². The van der Waals surface area contributed by atoms with Crippen molar-refractivity contribution in [3.63, 3.8) is 0 Å². The Bertz CT molecular complexity index is 179. The first kappa shape index (κ1) is 14.2. The van der Waals surface area contributed by atoms with E-state index in [1.165, 1.54) is 0 Å². The second-order valence-electron chi connectivity index (χ2n) is 1.66. The molecule has 4 nitrogen and oxygen atoms in total. The van der Waals surface area contributed by atoms with Crippen LogP contribution in [0.5, 0.6) is 0 Å². The molecule has 0 N–H and O–H groups in total. The fourth-order valence-electron chi connectivity index (χ4n) is 0.448. The summed E-state index contributed by atoms with van der Waals surface area (Å²) in [7, 11) is -3.68. The van der Waals surface area contributed by atoms with E-state index in [0.717, 1.165) is 0 Å². The van der Waals surface area contributed by atoms with Crippen LogP contribution in [0.25, 0.3) is 0 Å². The van der Waals surface area contributed by atoms with Crippen molar-refractivity contribution in [1.82, 2.24) is 0 Å². The van der Waals surface area contributed by atoms with E-state index in [0.29, 0.717) is 0 Å². The molecule has 0 saturated heterocycles. The van der Waals surface area contributed by atoms with Crippen molar-refractivity contribution in [2.75, 3.05) is 12.8 Å². The van der Waals surface area contributed by atoms with Crippen LogP contribution < -0.4 is 34.5 Å². The number of nitriles is 1. The quantitative estimate of drug-likeness (QED) is 0.358. The molecule has 1 unspecified atom stereocenters. The van der Waals surface area contributed by atoms with Gasteiger partial charge in [-0.15, -0.1) is 0 Å². The van der Waals surface area contributed by atoms with Crippen molar-refractivity contribution in [1.29, 1.82) is 5.26 Å². The Morgan fingerprint density at radius 1 is 1.73 bits per heavy atom. The third-order valence-electron chi connectivity index (χ3n) is 0.823. The summed E-state index contributed by atoms with van der Waals surface area (Å²) >= 11 is 0. The monoisotopic (exact) mass is 185 g/mol. The van der Waals surface area contributed by atoms with E-state index in [4.69, 9.17) is 5.26 Å². The van der Waals surface area contributed by atoms with Gasteiger partial charge in [-0.25, -0.2) is 0 Å². The summed E-state index contributed by atoms with van der Waals surface area (Å²) in [5, 5.41) is 8.03. The van der Waals surface area contributed by atoms with Crippen molar-refractivity contribution < 1.29 is 43.5 Å². The zero-order valence-electron chi connectivity index (χ0n) is 6.74. The van der Waals surface area contributed by atoms with E-state index in [1.807, 2.05) is 0 Å². The molecule has 0 heterocycles. The zero-order valence-corrected chi connectivity index (χ0v) is 9.63. The molecular formula is C5H9NNaO3P. The van der Waals surface area contributed by atoms with Gasteiger partial charge in [0.2, 0.25) is 0 Å². The summed E-state index contributed by atoms with van der Waals surface area (Å²) < 4.78 is 15.0. The Labute approximate surface area is 88.4 Å². The average molecular weight is 185 g/mol. The normalized spacial score (nSPS) is 14.3. The molecule has 11 heavy (non-hydrogen) atoms. The van der Waals surface area contributed by atoms with Crippen LogP contribution in [0, 0.1) is 11.3 Å². The van der Waals surface area contributed by atoms with Gasteiger partial charge in [0.15, 0.2) is 0 Å². The van der Waals surface area contributed by atoms with E-state index < -0.39 is 7.60 Å². The first-order valence-electron chi connectivity index (χ1n) is 2.94.